The Hall–Kier alpha value is -2.60. The average molecular weight is 390 g/mol. The van der Waals surface area contributed by atoms with E-state index >= 15 is 0 Å². The molecule has 5 heterocycles. The van der Waals surface area contributed by atoms with Crippen LogP contribution in [0.15, 0.2) is 66.0 Å². The van der Waals surface area contributed by atoms with E-state index in [2.05, 4.69) is 69.8 Å². The van der Waals surface area contributed by atoms with Gasteiger partial charge in [-0.1, -0.05) is 30.8 Å². The highest BCUT2D eigenvalue weighted by Gasteiger charge is 2.46. The number of hydrogen-bond donors (Lipinski definition) is 0. The molecule has 0 amide bonds. The lowest BCUT2D eigenvalue weighted by molar-refractivity contribution is 0.248. The Morgan fingerprint density at radius 3 is 2.79 bits per heavy atom. The quantitative estimate of drug-likeness (QED) is 0.656. The van der Waals surface area contributed by atoms with Crippen molar-refractivity contribution in [1.82, 2.24) is 19.4 Å². The summed E-state index contributed by atoms with van der Waals surface area (Å²) in [6, 6.07) is 15.2. The van der Waals surface area contributed by atoms with Crippen molar-refractivity contribution in [2.45, 2.75) is 38.4 Å². The van der Waals surface area contributed by atoms with Gasteiger partial charge in [0, 0.05) is 36.1 Å². The van der Waals surface area contributed by atoms with E-state index in [1.54, 1.807) is 0 Å². The highest BCUT2D eigenvalue weighted by molar-refractivity contribution is 8.14. The lowest BCUT2D eigenvalue weighted by Crippen LogP contribution is -2.36. The maximum atomic E-state index is 5.11. The van der Waals surface area contributed by atoms with Crippen molar-refractivity contribution in [2.24, 2.45) is 4.99 Å². The zero-order chi connectivity index (χ0) is 19.1. The van der Waals surface area contributed by atoms with Crippen molar-refractivity contribution in [1.29, 1.82) is 0 Å². The molecule has 6 heteroatoms. The fourth-order valence-electron chi connectivity index (χ4n) is 4.12. The van der Waals surface area contributed by atoms with Gasteiger partial charge in [0.1, 0.15) is 17.9 Å². The number of hydrogen-bond acceptors (Lipinski definition) is 5. The second-order valence-corrected chi connectivity index (χ2v) is 8.32. The van der Waals surface area contributed by atoms with Crippen LogP contribution in [0.25, 0.3) is 5.82 Å². The molecule has 2 aliphatic rings. The third kappa shape index (κ3) is 2.83. The molecule has 3 aromatic rings. The van der Waals surface area contributed by atoms with Crippen molar-refractivity contribution in [3.05, 3.63) is 78.0 Å². The zero-order valence-corrected chi connectivity index (χ0v) is 16.9. The van der Waals surface area contributed by atoms with Gasteiger partial charge in [0.15, 0.2) is 5.17 Å². The second-order valence-electron chi connectivity index (χ2n) is 7.33. The summed E-state index contributed by atoms with van der Waals surface area (Å²) in [4.78, 5) is 16.9. The molecule has 0 unspecified atom stereocenters. The molecule has 1 fully saturated rings. The maximum absolute atomic E-state index is 5.11. The van der Waals surface area contributed by atoms with Gasteiger partial charge in [-0.15, -0.1) is 0 Å². The number of thioether (sulfide) groups is 1. The van der Waals surface area contributed by atoms with Crippen molar-refractivity contribution < 1.29 is 0 Å². The Kier molecular flexibility index (Phi) is 4.43. The Bertz CT molecular complexity index is 995. The van der Waals surface area contributed by atoms with E-state index in [4.69, 9.17) is 4.99 Å². The van der Waals surface area contributed by atoms with Crippen LogP contribution in [-0.2, 0) is 0 Å². The van der Waals surface area contributed by atoms with Crippen molar-refractivity contribution in [3.63, 3.8) is 0 Å². The monoisotopic (exact) mass is 389 g/mol. The van der Waals surface area contributed by atoms with E-state index in [1.807, 2.05) is 36.3 Å². The summed E-state index contributed by atoms with van der Waals surface area (Å²) in [5, 5.41) is 1.15. The standard InChI is InChI=1S/C22H23N5S/c1-3-16-14-28-22-25-20(17-7-4-5-11-23-17)21(27(16)22)18-8-6-12-26(18)19-10-9-15(2)13-24-19/h4-13,16,20-21H,3,14H2,1-2H3/t16-,20-,21-/m1/s1. The van der Waals surface area contributed by atoms with Gasteiger partial charge in [0.25, 0.3) is 0 Å². The normalized spacial score (nSPS) is 23.7. The van der Waals surface area contributed by atoms with Gasteiger partial charge in [-0.3, -0.25) is 9.98 Å². The van der Waals surface area contributed by atoms with E-state index in [0.29, 0.717) is 6.04 Å². The number of fused-ring (bicyclic) bond motifs is 1. The van der Waals surface area contributed by atoms with Crippen LogP contribution in [0.1, 0.15) is 42.4 Å². The molecule has 0 bridgehead atoms. The first-order chi connectivity index (χ1) is 13.8. The van der Waals surface area contributed by atoms with Crippen LogP contribution in [0.5, 0.6) is 0 Å². The first kappa shape index (κ1) is 17.5. The van der Waals surface area contributed by atoms with Crippen LogP contribution in [0, 0.1) is 6.92 Å². The van der Waals surface area contributed by atoms with E-state index < -0.39 is 0 Å². The smallest absolute Gasteiger partial charge is 0.160 e. The number of aliphatic imine (C=N–C) groups is 1. The number of aryl methyl sites for hydroxylation is 1. The average Bonchev–Trinajstić information content (AvgIpc) is 3.44. The maximum Gasteiger partial charge on any atom is 0.160 e. The number of amidine groups is 1. The molecule has 0 spiro atoms. The summed E-state index contributed by atoms with van der Waals surface area (Å²) in [6.07, 6.45) is 7.00. The van der Waals surface area contributed by atoms with Crippen molar-refractivity contribution in [2.75, 3.05) is 5.75 Å². The minimum absolute atomic E-state index is 0.00264. The summed E-state index contributed by atoms with van der Waals surface area (Å²) in [5.74, 6) is 2.04. The van der Waals surface area contributed by atoms with E-state index in [1.165, 1.54) is 5.69 Å². The largest absolute Gasteiger partial charge is 0.337 e. The first-order valence-corrected chi connectivity index (χ1v) is 10.7. The number of nitrogens with zero attached hydrogens (tertiary/aromatic N) is 5. The molecule has 3 aromatic heterocycles. The zero-order valence-electron chi connectivity index (χ0n) is 16.1. The molecule has 142 valence electrons. The van der Waals surface area contributed by atoms with Crippen molar-refractivity contribution in [3.8, 4) is 5.82 Å². The van der Waals surface area contributed by atoms with Gasteiger partial charge < -0.3 is 9.47 Å². The molecule has 5 rings (SSSR count). The minimum atomic E-state index is -0.00264. The SMILES string of the molecule is CC[C@@H]1CSC2=N[C@H](c3ccccn3)[C@@H](c3cccn3-c3ccc(C)cn3)N21. The molecule has 28 heavy (non-hydrogen) atoms. The number of pyridine rings is 2. The molecule has 0 aliphatic carbocycles. The molecular formula is C22H23N5S. The molecule has 0 radical (unpaired) electrons. The van der Waals surface area contributed by atoms with E-state index in [0.717, 1.165) is 34.4 Å². The predicted molar refractivity (Wildman–Crippen MR) is 114 cm³/mol. The Morgan fingerprint density at radius 2 is 2.04 bits per heavy atom. The van der Waals surface area contributed by atoms with Gasteiger partial charge in [-0.2, -0.15) is 0 Å². The summed E-state index contributed by atoms with van der Waals surface area (Å²) in [7, 11) is 0. The van der Waals surface area contributed by atoms with E-state index in [-0.39, 0.29) is 12.1 Å². The Morgan fingerprint density at radius 1 is 1.11 bits per heavy atom. The van der Waals surface area contributed by atoms with Gasteiger partial charge in [-0.25, -0.2) is 4.98 Å². The fraction of sp³-hybridized carbons (Fsp3) is 0.318. The molecule has 0 N–H and O–H groups in total. The van der Waals surface area contributed by atoms with Crippen molar-refractivity contribution >= 4 is 16.9 Å². The molecule has 2 aliphatic heterocycles. The Labute approximate surface area is 169 Å². The third-order valence-corrected chi connectivity index (χ3v) is 6.68. The highest BCUT2D eigenvalue weighted by Crippen LogP contribution is 2.48. The highest BCUT2D eigenvalue weighted by atomic mass is 32.2. The molecule has 0 aromatic carbocycles. The van der Waals surface area contributed by atoms with Crippen LogP contribution in [0.4, 0.5) is 0 Å². The molecule has 1 saturated heterocycles. The Balaban J connectivity index is 1.62. The van der Waals surface area contributed by atoms with Crippen LogP contribution in [0.2, 0.25) is 0 Å². The minimum Gasteiger partial charge on any atom is -0.337 e. The number of aromatic nitrogens is 3. The predicted octanol–water partition coefficient (Wildman–Crippen LogP) is 4.56. The second kappa shape index (κ2) is 7.09. The van der Waals surface area contributed by atoms with Gasteiger partial charge in [-0.05, 0) is 49.2 Å². The van der Waals surface area contributed by atoms with E-state index in [9.17, 15) is 0 Å². The lowest BCUT2D eigenvalue weighted by Gasteiger charge is -2.32. The molecule has 5 nitrogen and oxygen atoms in total. The fourth-order valence-corrected chi connectivity index (χ4v) is 5.45. The van der Waals surface area contributed by atoms with Gasteiger partial charge in [0.05, 0.1) is 5.69 Å². The summed E-state index contributed by atoms with van der Waals surface area (Å²) < 4.78 is 2.20. The van der Waals surface area contributed by atoms with Crippen LogP contribution in [-0.4, -0.2) is 36.4 Å². The third-order valence-electron chi connectivity index (χ3n) is 5.56. The lowest BCUT2D eigenvalue weighted by atomic mass is 9.99. The van der Waals surface area contributed by atoms with Crippen LogP contribution in [0.3, 0.4) is 0 Å². The number of rotatable bonds is 4. The van der Waals surface area contributed by atoms with Crippen LogP contribution >= 0.6 is 11.8 Å². The topological polar surface area (TPSA) is 46.3 Å². The molecule has 0 saturated carbocycles. The van der Waals surface area contributed by atoms with Gasteiger partial charge in [0.2, 0.25) is 0 Å². The summed E-state index contributed by atoms with van der Waals surface area (Å²) in [6.45, 7) is 4.33. The first-order valence-electron chi connectivity index (χ1n) is 9.76. The summed E-state index contributed by atoms with van der Waals surface area (Å²) in [5.41, 5.74) is 3.40. The summed E-state index contributed by atoms with van der Waals surface area (Å²) >= 11 is 1.87. The van der Waals surface area contributed by atoms with Gasteiger partial charge >= 0.3 is 0 Å². The molecule has 3 atom stereocenters. The molecular weight excluding hydrogens is 366 g/mol. The van der Waals surface area contributed by atoms with Crippen LogP contribution < -0.4 is 0 Å².